The molecule has 7 nitrogen and oxygen atoms in total. The lowest BCUT2D eigenvalue weighted by atomic mass is 10.2. The zero-order chi connectivity index (χ0) is 24.6. The zero-order valence-electron chi connectivity index (χ0n) is 19.3. The first-order chi connectivity index (χ1) is 16.4. The lowest BCUT2D eigenvalue weighted by molar-refractivity contribution is -0.121. The van der Waals surface area contributed by atoms with Crippen LogP contribution in [0.25, 0.3) is 6.08 Å². The van der Waals surface area contributed by atoms with Crippen molar-refractivity contribution in [3.8, 4) is 11.5 Å². The summed E-state index contributed by atoms with van der Waals surface area (Å²) in [7, 11) is -2.40. The number of hydrogen-bond donors (Lipinski definition) is 0. The van der Waals surface area contributed by atoms with Crippen LogP contribution in [0.2, 0.25) is 0 Å². The van der Waals surface area contributed by atoms with E-state index in [0.717, 1.165) is 36.6 Å². The van der Waals surface area contributed by atoms with Gasteiger partial charge in [0.05, 0.1) is 23.5 Å². The van der Waals surface area contributed by atoms with Gasteiger partial charge in [0.1, 0.15) is 0 Å². The number of carbonyl (C=O) groups excluding carboxylic acids is 1. The van der Waals surface area contributed by atoms with E-state index >= 15 is 0 Å². The lowest BCUT2D eigenvalue weighted by Crippen LogP contribution is -2.29. The molecule has 2 aromatic carbocycles. The van der Waals surface area contributed by atoms with E-state index in [-0.39, 0.29) is 22.5 Å². The highest BCUT2D eigenvalue weighted by atomic mass is 32.2. The van der Waals surface area contributed by atoms with Crippen molar-refractivity contribution in [3.05, 3.63) is 71.7 Å². The summed E-state index contributed by atoms with van der Waals surface area (Å²) in [5.74, 6) is 0.855. The molecule has 34 heavy (non-hydrogen) atoms. The largest absolute Gasteiger partial charge is 0.493 e. The fraction of sp³-hybridized carbons (Fsp3) is 0.280. The van der Waals surface area contributed by atoms with Crippen LogP contribution in [-0.4, -0.2) is 44.7 Å². The van der Waals surface area contributed by atoms with Crippen molar-refractivity contribution in [1.29, 1.82) is 0 Å². The van der Waals surface area contributed by atoms with Gasteiger partial charge in [-0.3, -0.25) is 9.69 Å². The van der Waals surface area contributed by atoms with Crippen LogP contribution in [-0.2, 0) is 14.8 Å². The van der Waals surface area contributed by atoms with Gasteiger partial charge in [0, 0.05) is 6.54 Å². The Kier molecular flexibility index (Phi) is 8.95. The normalized spacial score (nSPS) is 16.3. The maximum Gasteiger partial charge on any atom is 0.284 e. The highest BCUT2D eigenvalue weighted by Gasteiger charge is 2.34. The molecule has 1 heterocycles. The van der Waals surface area contributed by atoms with Crippen molar-refractivity contribution in [3.63, 3.8) is 0 Å². The SMILES string of the molecule is C=CCN1C(=O)/C(=C/c2ccc(OC)c(OCCCCC)c2)SC1=NS(=O)(=O)c1ccccc1. The molecule has 0 saturated carbocycles. The molecule has 0 unspecified atom stereocenters. The Morgan fingerprint density at radius 1 is 1.12 bits per heavy atom. The molecule has 0 radical (unpaired) electrons. The number of thioether (sulfide) groups is 1. The van der Waals surface area contributed by atoms with Gasteiger partial charge in [-0.15, -0.1) is 11.0 Å². The molecule has 1 saturated heterocycles. The maximum absolute atomic E-state index is 13.0. The van der Waals surface area contributed by atoms with E-state index in [4.69, 9.17) is 9.47 Å². The molecule has 1 amide bonds. The first-order valence-electron chi connectivity index (χ1n) is 10.9. The smallest absolute Gasteiger partial charge is 0.284 e. The lowest BCUT2D eigenvalue weighted by Gasteiger charge is -2.12. The van der Waals surface area contributed by atoms with Crippen molar-refractivity contribution in [2.75, 3.05) is 20.3 Å². The third kappa shape index (κ3) is 6.30. The van der Waals surface area contributed by atoms with Crippen LogP contribution in [0.4, 0.5) is 0 Å². The fourth-order valence-corrected chi connectivity index (χ4v) is 5.41. The van der Waals surface area contributed by atoms with E-state index < -0.39 is 10.0 Å². The first-order valence-corrected chi connectivity index (χ1v) is 13.2. The molecule has 0 aromatic heterocycles. The molecule has 0 atom stereocenters. The monoisotopic (exact) mass is 500 g/mol. The second-order valence-electron chi connectivity index (χ2n) is 7.44. The van der Waals surface area contributed by atoms with Gasteiger partial charge in [-0.25, -0.2) is 0 Å². The molecule has 1 fully saturated rings. The van der Waals surface area contributed by atoms with Crippen molar-refractivity contribution >= 4 is 38.9 Å². The minimum absolute atomic E-state index is 0.0616. The van der Waals surface area contributed by atoms with E-state index in [1.54, 1.807) is 43.5 Å². The zero-order valence-corrected chi connectivity index (χ0v) is 20.9. The number of unbranched alkanes of at least 4 members (excludes halogenated alkanes) is 2. The first kappa shape index (κ1) is 25.6. The number of nitrogens with zero attached hydrogens (tertiary/aromatic N) is 2. The highest BCUT2D eigenvalue weighted by molar-refractivity contribution is 8.19. The average Bonchev–Trinajstić information content (AvgIpc) is 3.11. The van der Waals surface area contributed by atoms with Gasteiger partial charge < -0.3 is 9.47 Å². The quantitative estimate of drug-likeness (QED) is 0.242. The van der Waals surface area contributed by atoms with Gasteiger partial charge in [-0.1, -0.05) is 50.1 Å². The molecule has 3 rings (SSSR count). The molecule has 0 aliphatic carbocycles. The van der Waals surface area contributed by atoms with Crippen molar-refractivity contribution in [1.82, 2.24) is 4.90 Å². The molecular formula is C25H28N2O5S2. The second kappa shape index (κ2) is 11.9. The molecule has 180 valence electrons. The van der Waals surface area contributed by atoms with E-state index in [9.17, 15) is 13.2 Å². The molecule has 0 bridgehead atoms. The minimum Gasteiger partial charge on any atom is -0.493 e. The third-order valence-electron chi connectivity index (χ3n) is 4.93. The number of amides is 1. The number of benzene rings is 2. The van der Waals surface area contributed by atoms with Crippen LogP contribution >= 0.6 is 11.8 Å². The fourth-order valence-electron chi connectivity index (χ4n) is 3.20. The second-order valence-corrected chi connectivity index (χ2v) is 10.1. The Hall–Kier alpha value is -3.04. The Bertz CT molecular complexity index is 1190. The number of sulfonamides is 1. The molecule has 0 spiro atoms. The summed E-state index contributed by atoms with van der Waals surface area (Å²) in [6.07, 6.45) is 6.33. The number of methoxy groups -OCH3 is 1. The predicted molar refractivity (Wildman–Crippen MR) is 137 cm³/mol. The molecule has 0 N–H and O–H groups in total. The number of rotatable bonds is 11. The van der Waals surface area contributed by atoms with E-state index in [0.29, 0.717) is 23.0 Å². The summed E-state index contributed by atoms with van der Waals surface area (Å²) in [5, 5.41) is 0.0875. The number of hydrogen-bond acceptors (Lipinski definition) is 6. The molecule has 2 aromatic rings. The van der Waals surface area contributed by atoms with Crippen molar-refractivity contribution in [2.24, 2.45) is 4.40 Å². The van der Waals surface area contributed by atoms with E-state index in [2.05, 4.69) is 17.9 Å². The molecule has 9 heteroatoms. The van der Waals surface area contributed by atoms with Crippen LogP contribution in [0.5, 0.6) is 11.5 Å². The van der Waals surface area contributed by atoms with Gasteiger partial charge in [-0.2, -0.15) is 8.42 Å². The summed E-state index contributed by atoms with van der Waals surface area (Å²) in [4.78, 5) is 14.8. The Balaban J connectivity index is 1.90. The summed E-state index contributed by atoms with van der Waals surface area (Å²) < 4.78 is 40.7. The third-order valence-corrected chi connectivity index (χ3v) is 7.33. The van der Waals surface area contributed by atoms with Crippen LogP contribution < -0.4 is 9.47 Å². The van der Waals surface area contributed by atoms with Crippen molar-refractivity contribution < 1.29 is 22.7 Å². The van der Waals surface area contributed by atoms with Crippen molar-refractivity contribution in [2.45, 2.75) is 31.1 Å². The Morgan fingerprint density at radius 2 is 1.88 bits per heavy atom. The van der Waals surface area contributed by atoms with Gasteiger partial charge >= 0.3 is 0 Å². The minimum atomic E-state index is -3.97. The standard InChI is InChI=1S/C25H28N2O5S2/c1-4-6-10-16-32-22-17-19(13-14-21(22)31-3)18-23-24(28)27(15-5-2)25(33-23)26-34(29,30)20-11-8-7-9-12-20/h5,7-9,11-14,17-18H,2,4,6,10,15-16H2,1,3H3/b23-18-,26-25?. The number of carbonyl (C=O) groups is 1. The maximum atomic E-state index is 13.0. The summed E-state index contributed by atoms with van der Waals surface area (Å²) in [6.45, 7) is 6.51. The summed E-state index contributed by atoms with van der Waals surface area (Å²) in [6, 6.07) is 13.3. The number of amidine groups is 1. The molecule has 1 aliphatic rings. The van der Waals surface area contributed by atoms with Gasteiger partial charge in [0.25, 0.3) is 15.9 Å². The molecule has 1 aliphatic heterocycles. The Morgan fingerprint density at radius 3 is 2.56 bits per heavy atom. The Labute approximate surface area is 205 Å². The van der Waals surface area contributed by atoms with Crippen LogP contribution in [0, 0.1) is 0 Å². The highest BCUT2D eigenvalue weighted by Crippen LogP contribution is 2.35. The van der Waals surface area contributed by atoms with Crippen LogP contribution in [0.15, 0.2) is 75.4 Å². The van der Waals surface area contributed by atoms with E-state index in [1.807, 2.05) is 6.07 Å². The topological polar surface area (TPSA) is 85.3 Å². The van der Waals surface area contributed by atoms with Gasteiger partial charge in [0.15, 0.2) is 16.7 Å². The number of ether oxygens (including phenoxy) is 2. The van der Waals surface area contributed by atoms with Gasteiger partial charge in [0.2, 0.25) is 0 Å². The van der Waals surface area contributed by atoms with E-state index in [1.165, 1.54) is 23.1 Å². The van der Waals surface area contributed by atoms with Gasteiger partial charge in [-0.05, 0) is 54.1 Å². The summed E-state index contributed by atoms with van der Waals surface area (Å²) >= 11 is 1.01. The summed E-state index contributed by atoms with van der Waals surface area (Å²) in [5.41, 5.74) is 0.730. The molecular weight excluding hydrogens is 472 g/mol. The average molecular weight is 501 g/mol. The van der Waals surface area contributed by atoms with Crippen LogP contribution in [0.3, 0.4) is 0 Å². The van der Waals surface area contributed by atoms with Crippen LogP contribution in [0.1, 0.15) is 31.7 Å². The predicted octanol–water partition coefficient (Wildman–Crippen LogP) is 5.11.